The molecular weight excluding hydrogens is 366 g/mol. The van der Waals surface area contributed by atoms with Crippen molar-refractivity contribution < 1.29 is 9.59 Å². The molecule has 2 aromatic rings. The fraction of sp³-hybridized carbons (Fsp3) is 0.500. The van der Waals surface area contributed by atoms with E-state index >= 15 is 0 Å². The zero-order valence-corrected chi connectivity index (χ0v) is 17.5. The monoisotopic (exact) mass is 397 g/mol. The number of hydrogen-bond donors (Lipinski definition) is 1. The molecule has 0 bridgehead atoms. The van der Waals surface area contributed by atoms with Crippen LogP contribution in [0.2, 0.25) is 0 Å². The molecule has 0 saturated carbocycles. The molecule has 1 aromatic carbocycles. The number of amides is 2. The molecule has 1 N–H and O–H groups in total. The minimum Gasteiger partial charge on any atom is -0.353 e. The van der Waals surface area contributed by atoms with E-state index in [1.165, 1.54) is 0 Å². The van der Waals surface area contributed by atoms with Crippen LogP contribution < -0.4 is 5.32 Å². The summed E-state index contributed by atoms with van der Waals surface area (Å²) in [5.41, 5.74) is 1.98. The summed E-state index contributed by atoms with van der Waals surface area (Å²) < 4.78 is 1.80. The Labute approximate surface area is 172 Å². The largest absolute Gasteiger partial charge is 0.353 e. The lowest BCUT2D eigenvalue weighted by Crippen LogP contribution is -2.56. The Hall–Kier alpha value is -2.67. The molecule has 29 heavy (non-hydrogen) atoms. The van der Waals surface area contributed by atoms with Gasteiger partial charge in [0.05, 0.1) is 18.2 Å². The number of piperazine rings is 1. The Bertz CT molecular complexity index is 818. The number of nitrogens with one attached hydrogen (secondary N) is 1. The van der Waals surface area contributed by atoms with Gasteiger partial charge in [-0.2, -0.15) is 5.10 Å². The Kier molecular flexibility index (Phi) is 7.04. The average Bonchev–Trinajstić information content (AvgIpc) is 3.23. The summed E-state index contributed by atoms with van der Waals surface area (Å²) in [7, 11) is 1.79. The minimum atomic E-state index is -0.382. The highest BCUT2D eigenvalue weighted by Crippen LogP contribution is 2.15. The van der Waals surface area contributed by atoms with E-state index in [0.717, 1.165) is 30.8 Å². The number of carbonyl (C=O) groups is 2. The highest BCUT2D eigenvalue weighted by Gasteiger charge is 2.32. The molecule has 7 nitrogen and oxygen atoms in total. The van der Waals surface area contributed by atoms with Gasteiger partial charge in [-0.3, -0.25) is 14.5 Å². The van der Waals surface area contributed by atoms with Gasteiger partial charge in [-0.25, -0.2) is 4.68 Å². The van der Waals surface area contributed by atoms with Crippen molar-refractivity contribution in [2.24, 2.45) is 5.92 Å². The van der Waals surface area contributed by atoms with Gasteiger partial charge in [-0.1, -0.05) is 26.0 Å². The first-order valence-corrected chi connectivity index (χ1v) is 10.3. The van der Waals surface area contributed by atoms with Crippen molar-refractivity contribution in [2.75, 3.05) is 26.7 Å². The van der Waals surface area contributed by atoms with E-state index in [1.54, 1.807) is 22.8 Å². The molecule has 2 amide bonds. The molecule has 1 aliphatic heterocycles. The minimum absolute atomic E-state index is 0.0221. The molecule has 1 fully saturated rings. The Morgan fingerprint density at radius 1 is 1.34 bits per heavy atom. The third kappa shape index (κ3) is 5.67. The quantitative estimate of drug-likeness (QED) is 0.740. The van der Waals surface area contributed by atoms with Gasteiger partial charge in [0.25, 0.3) is 0 Å². The zero-order valence-electron chi connectivity index (χ0n) is 17.5. The van der Waals surface area contributed by atoms with Gasteiger partial charge >= 0.3 is 0 Å². The van der Waals surface area contributed by atoms with Crippen molar-refractivity contribution in [1.29, 1.82) is 0 Å². The van der Waals surface area contributed by atoms with Crippen molar-refractivity contribution in [2.45, 2.75) is 39.3 Å². The lowest BCUT2D eigenvalue weighted by molar-refractivity contribution is -0.138. The molecule has 2 heterocycles. The van der Waals surface area contributed by atoms with Crippen LogP contribution in [-0.2, 0) is 16.1 Å². The zero-order chi connectivity index (χ0) is 20.8. The summed E-state index contributed by atoms with van der Waals surface area (Å²) in [5.74, 6) is 0.509. The molecule has 1 aromatic heterocycles. The van der Waals surface area contributed by atoms with Crippen LogP contribution in [0.3, 0.4) is 0 Å². The van der Waals surface area contributed by atoms with Gasteiger partial charge in [-0.05, 0) is 42.6 Å². The van der Waals surface area contributed by atoms with Crippen LogP contribution in [0.5, 0.6) is 0 Å². The van der Waals surface area contributed by atoms with E-state index < -0.39 is 0 Å². The summed E-state index contributed by atoms with van der Waals surface area (Å²) in [6.07, 6.45) is 4.86. The Balaban J connectivity index is 1.62. The fourth-order valence-corrected chi connectivity index (χ4v) is 3.58. The fourth-order valence-electron chi connectivity index (χ4n) is 3.58. The lowest BCUT2D eigenvalue weighted by Gasteiger charge is -2.35. The number of benzene rings is 1. The topological polar surface area (TPSA) is 70.5 Å². The molecule has 1 atom stereocenters. The summed E-state index contributed by atoms with van der Waals surface area (Å²) in [5, 5.41) is 7.16. The third-order valence-corrected chi connectivity index (χ3v) is 5.33. The van der Waals surface area contributed by atoms with Crippen LogP contribution in [-0.4, -0.2) is 64.1 Å². The van der Waals surface area contributed by atoms with Crippen molar-refractivity contribution >= 4 is 11.8 Å². The van der Waals surface area contributed by atoms with E-state index in [1.807, 2.05) is 36.5 Å². The second kappa shape index (κ2) is 9.69. The van der Waals surface area contributed by atoms with Crippen molar-refractivity contribution in [3.05, 3.63) is 48.3 Å². The van der Waals surface area contributed by atoms with E-state index in [0.29, 0.717) is 19.0 Å². The van der Waals surface area contributed by atoms with Gasteiger partial charge in [-0.15, -0.1) is 0 Å². The number of hydrogen-bond acceptors (Lipinski definition) is 4. The van der Waals surface area contributed by atoms with Crippen LogP contribution in [0.15, 0.2) is 42.7 Å². The highest BCUT2D eigenvalue weighted by molar-refractivity contribution is 5.88. The van der Waals surface area contributed by atoms with Crippen LogP contribution in [0.1, 0.15) is 32.3 Å². The predicted molar refractivity (Wildman–Crippen MR) is 112 cm³/mol. The second-order valence-corrected chi connectivity index (χ2v) is 8.10. The molecule has 156 valence electrons. The molecule has 1 saturated heterocycles. The standard InChI is InChI=1S/C22H31N5O2/c1-17(2)8-12-26-13-10-23-22(29)20(26)15-21(28)25(3)16-18-6-4-7-19(14-18)27-11-5-9-24-27/h4-7,9,11,14,17,20H,8,10,12-13,15-16H2,1-3H3,(H,23,29)/t20-/m1/s1. The Morgan fingerprint density at radius 3 is 2.90 bits per heavy atom. The maximum absolute atomic E-state index is 12.9. The van der Waals surface area contributed by atoms with Crippen LogP contribution in [0.4, 0.5) is 0 Å². The SMILES string of the molecule is CC(C)CCN1CCNC(=O)[C@H]1CC(=O)N(C)Cc1cccc(-n2cccn2)c1. The Morgan fingerprint density at radius 2 is 2.17 bits per heavy atom. The lowest BCUT2D eigenvalue weighted by atomic mass is 10.0. The van der Waals surface area contributed by atoms with E-state index in [9.17, 15) is 9.59 Å². The molecule has 0 radical (unpaired) electrons. The summed E-state index contributed by atoms with van der Waals surface area (Å²) in [6, 6.07) is 9.47. The van der Waals surface area contributed by atoms with Gasteiger partial charge in [0.1, 0.15) is 0 Å². The second-order valence-electron chi connectivity index (χ2n) is 8.10. The molecular formula is C22H31N5O2. The smallest absolute Gasteiger partial charge is 0.237 e. The summed E-state index contributed by atoms with van der Waals surface area (Å²) in [6.45, 7) is 7.14. The van der Waals surface area contributed by atoms with Crippen molar-refractivity contribution in [1.82, 2.24) is 24.9 Å². The maximum Gasteiger partial charge on any atom is 0.237 e. The van der Waals surface area contributed by atoms with Gasteiger partial charge < -0.3 is 10.2 Å². The molecule has 1 aliphatic rings. The van der Waals surface area contributed by atoms with Crippen molar-refractivity contribution in [3.63, 3.8) is 0 Å². The first-order valence-electron chi connectivity index (χ1n) is 10.3. The highest BCUT2D eigenvalue weighted by atomic mass is 16.2. The average molecular weight is 398 g/mol. The maximum atomic E-state index is 12.9. The van der Waals surface area contributed by atoms with Gasteiger partial charge in [0.2, 0.25) is 11.8 Å². The molecule has 0 spiro atoms. The van der Waals surface area contributed by atoms with Crippen LogP contribution in [0, 0.1) is 5.92 Å². The number of rotatable bonds is 8. The first-order chi connectivity index (χ1) is 13.9. The van der Waals surface area contributed by atoms with Gasteiger partial charge in [0.15, 0.2) is 0 Å². The van der Waals surface area contributed by atoms with Crippen LogP contribution >= 0.6 is 0 Å². The summed E-state index contributed by atoms with van der Waals surface area (Å²) in [4.78, 5) is 29.1. The molecule has 3 rings (SSSR count). The molecule has 0 unspecified atom stereocenters. The number of aromatic nitrogens is 2. The third-order valence-electron chi connectivity index (χ3n) is 5.33. The summed E-state index contributed by atoms with van der Waals surface area (Å²) >= 11 is 0. The predicted octanol–water partition coefficient (Wildman–Crippen LogP) is 2.07. The molecule has 0 aliphatic carbocycles. The normalized spacial score (nSPS) is 17.4. The van der Waals surface area contributed by atoms with Crippen molar-refractivity contribution in [3.8, 4) is 5.69 Å². The number of carbonyl (C=O) groups excluding carboxylic acids is 2. The first kappa shape index (κ1) is 21.0. The van der Waals surface area contributed by atoms with E-state index in [4.69, 9.17) is 0 Å². The van der Waals surface area contributed by atoms with Crippen LogP contribution in [0.25, 0.3) is 5.69 Å². The van der Waals surface area contributed by atoms with Gasteiger partial charge in [0, 0.05) is 39.1 Å². The van der Waals surface area contributed by atoms with E-state index in [2.05, 4.69) is 29.2 Å². The molecule has 7 heteroatoms. The number of nitrogens with zero attached hydrogens (tertiary/aromatic N) is 4. The van der Waals surface area contributed by atoms with E-state index in [-0.39, 0.29) is 24.3 Å².